The molecule has 1 aromatic carbocycles. The summed E-state index contributed by atoms with van der Waals surface area (Å²) < 4.78 is 5.86. The first-order valence-corrected chi connectivity index (χ1v) is 9.02. The van der Waals surface area contributed by atoms with E-state index in [1.807, 2.05) is 12.1 Å². The Bertz CT molecular complexity index is 504. The van der Waals surface area contributed by atoms with Crippen LogP contribution < -0.4 is 0 Å². The van der Waals surface area contributed by atoms with Gasteiger partial charge < -0.3 is 4.74 Å². The molecule has 0 atom stereocenters. The Hall–Kier alpha value is -1.59. The van der Waals surface area contributed by atoms with Crippen LogP contribution in [-0.4, -0.2) is 13.2 Å². The molecule has 0 aliphatic heterocycles. The van der Waals surface area contributed by atoms with Crippen molar-refractivity contribution in [3.8, 4) is 6.07 Å². The van der Waals surface area contributed by atoms with Gasteiger partial charge in [-0.1, -0.05) is 24.3 Å². The molecule has 1 fully saturated rings. The summed E-state index contributed by atoms with van der Waals surface area (Å²) in [5.74, 6) is 1.40. The van der Waals surface area contributed by atoms with Crippen LogP contribution in [0.25, 0.3) is 0 Å². The van der Waals surface area contributed by atoms with Crippen molar-refractivity contribution in [2.45, 2.75) is 57.8 Å². The quantitative estimate of drug-likeness (QED) is 0.463. The molecular weight excluding hydrogens is 282 g/mol. The number of allylic oxidation sites excluding steroid dienone is 2. The highest BCUT2D eigenvalue weighted by atomic mass is 16.5. The van der Waals surface area contributed by atoms with E-state index in [1.54, 1.807) is 0 Å². The van der Waals surface area contributed by atoms with E-state index in [2.05, 4.69) is 37.3 Å². The topological polar surface area (TPSA) is 33.0 Å². The summed E-state index contributed by atoms with van der Waals surface area (Å²) in [4.78, 5) is 0. The van der Waals surface area contributed by atoms with Gasteiger partial charge in [-0.15, -0.1) is 0 Å². The number of hydrogen-bond donors (Lipinski definition) is 0. The smallest absolute Gasteiger partial charge is 0.0991 e. The number of unbranched alkanes of at least 4 members (excludes halogenated alkanes) is 2. The first kappa shape index (κ1) is 17.8. The zero-order chi connectivity index (χ0) is 16.3. The average Bonchev–Trinajstić information content (AvgIpc) is 2.61. The van der Waals surface area contributed by atoms with E-state index in [1.165, 1.54) is 50.5 Å². The van der Waals surface area contributed by atoms with E-state index in [0.717, 1.165) is 24.7 Å². The van der Waals surface area contributed by atoms with Crippen molar-refractivity contribution in [1.82, 2.24) is 0 Å². The normalized spacial score (nSPS) is 21.4. The van der Waals surface area contributed by atoms with Crippen LogP contribution >= 0.6 is 0 Å². The fourth-order valence-corrected chi connectivity index (χ4v) is 3.38. The van der Waals surface area contributed by atoms with Gasteiger partial charge in [0, 0.05) is 13.2 Å². The second-order valence-corrected chi connectivity index (χ2v) is 6.59. The molecule has 2 nitrogen and oxygen atoms in total. The lowest BCUT2D eigenvalue weighted by molar-refractivity contribution is 0.0804. The molecule has 2 rings (SSSR count). The summed E-state index contributed by atoms with van der Waals surface area (Å²) in [6.45, 7) is 3.92. The van der Waals surface area contributed by atoms with Gasteiger partial charge in [0.05, 0.1) is 11.6 Å². The Morgan fingerprint density at radius 1 is 1.13 bits per heavy atom. The lowest BCUT2D eigenvalue weighted by atomic mass is 9.79. The molecule has 0 heterocycles. The van der Waals surface area contributed by atoms with Crippen molar-refractivity contribution in [3.63, 3.8) is 0 Å². The lowest BCUT2D eigenvalue weighted by Crippen LogP contribution is -2.18. The van der Waals surface area contributed by atoms with Gasteiger partial charge in [0.15, 0.2) is 0 Å². The number of rotatable bonds is 8. The minimum absolute atomic E-state index is 0.667. The monoisotopic (exact) mass is 311 g/mol. The summed E-state index contributed by atoms with van der Waals surface area (Å²) in [5.41, 5.74) is 2.15. The van der Waals surface area contributed by atoms with Gasteiger partial charge in [-0.25, -0.2) is 0 Å². The summed E-state index contributed by atoms with van der Waals surface area (Å²) in [6.07, 6.45) is 13.0. The third-order valence-corrected chi connectivity index (χ3v) is 4.86. The highest BCUT2D eigenvalue weighted by molar-refractivity contribution is 5.33. The van der Waals surface area contributed by atoms with Crippen LogP contribution in [-0.2, 0) is 4.74 Å². The highest BCUT2D eigenvalue weighted by Gasteiger charge is 2.22. The van der Waals surface area contributed by atoms with Gasteiger partial charge in [0.1, 0.15) is 0 Å². The van der Waals surface area contributed by atoms with Crippen molar-refractivity contribution >= 4 is 0 Å². The maximum absolute atomic E-state index is 8.87. The maximum Gasteiger partial charge on any atom is 0.0991 e. The second kappa shape index (κ2) is 10.2. The maximum atomic E-state index is 8.87. The Morgan fingerprint density at radius 2 is 1.87 bits per heavy atom. The van der Waals surface area contributed by atoms with Crippen molar-refractivity contribution < 1.29 is 4.74 Å². The van der Waals surface area contributed by atoms with E-state index in [-0.39, 0.29) is 0 Å². The number of nitriles is 1. The number of hydrogen-bond acceptors (Lipinski definition) is 2. The number of benzene rings is 1. The van der Waals surface area contributed by atoms with E-state index in [4.69, 9.17) is 10.00 Å². The standard InChI is InChI=1S/C21H29NO/c1-2-3-4-5-6-15-23-17-19-9-13-21(14-10-19)20-11-7-18(16-22)8-12-20/h2-3,7-8,11-12,19,21H,4-6,9-10,13-15,17H2,1H3. The van der Waals surface area contributed by atoms with Crippen LogP contribution in [0.2, 0.25) is 0 Å². The Kier molecular flexibility index (Phi) is 7.90. The van der Waals surface area contributed by atoms with Crippen molar-refractivity contribution in [3.05, 3.63) is 47.5 Å². The molecule has 0 saturated heterocycles. The lowest BCUT2D eigenvalue weighted by Gasteiger charge is -2.28. The van der Waals surface area contributed by atoms with E-state index in [9.17, 15) is 0 Å². The first-order chi connectivity index (χ1) is 11.3. The average molecular weight is 311 g/mol. The summed E-state index contributed by atoms with van der Waals surface area (Å²) in [6, 6.07) is 10.3. The molecule has 0 N–H and O–H groups in total. The fraction of sp³-hybridized carbons (Fsp3) is 0.571. The zero-order valence-electron chi connectivity index (χ0n) is 14.3. The van der Waals surface area contributed by atoms with Crippen LogP contribution in [0.5, 0.6) is 0 Å². The minimum atomic E-state index is 0.667. The van der Waals surface area contributed by atoms with E-state index < -0.39 is 0 Å². The third-order valence-electron chi connectivity index (χ3n) is 4.86. The molecule has 0 bridgehead atoms. The van der Waals surface area contributed by atoms with Gasteiger partial charge in [-0.3, -0.25) is 0 Å². The fourth-order valence-electron chi connectivity index (χ4n) is 3.38. The van der Waals surface area contributed by atoms with Crippen molar-refractivity contribution in [2.75, 3.05) is 13.2 Å². The van der Waals surface area contributed by atoms with Crippen LogP contribution in [0.15, 0.2) is 36.4 Å². The minimum Gasteiger partial charge on any atom is -0.381 e. The summed E-state index contributed by atoms with van der Waals surface area (Å²) in [5, 5.41) is 8.87. The molecule has 124 valence electrons. The van der Waals surface area contributed by atoms with E-state index in [0.29, 0.717) is 5.92 Å². The van der Waals surface area contributed by atoms with Gasteiger partial charge in [-0.05, 0) is 81.4 Å². The molecule has 1 aliphatic carbocycles. The predicted molar refractivity (Wildman–Crippen MR) is 95.3 cm³/mol. The molecule has 1 aliphatic rings. The SMILES string of the molecule is CC=CCCCCOCC1CCC(c2ccc(C#N)cc2)CC1. The molecular formula is C21H29NO. The summed E-state index contributed by atoms with van der Waals surface area (Å²) in [7, 11) is 0. The highest BCUT2D eigenvalue weighted by Crippen LogP contribution is 2.35. The van der Waals surface area contributed by atoms with Crippen molar-refractivity contribution in [1.29, 1.82) is 5.26 Å². The van der Waals surface area contributed by atoms with E-state index >= 15 is 0 Å². The molecule has 1 aromatic rings. The van der Waals surface area contributed by atoms with Crippen molar-refractivity contribution in [2.24, 2.45) is 5.92 Å². The van der Waals surface area contributed by atoms with Gasteiger partial charge >= 0.3 is 0 Å². The number of nitrogens with zero attached hydrogens (tertiary/aromatic N) is 1. The number of ether oxygens (including phenoxy) is 1. The van der Waals surface area contributed by atoms with Gasteiger partial charge in [0.25, 0.3) is 0 Å². The van der Waals surface area contributed by atoms with Crippen LogP contribution in [0, 0.1) is 17.2 Å². The second-order valence-electron chi connectivity index (χ2n) is 6.59. The molecule has 0 aromatic heterocycles. The Labute approximate surface area is 141 Å². The van der Waals surface area contributed by atoms with Gasteiger partial charge in [0.2, 0.25) is 0 Å². The molecule has 2 heteroatoms. The first-order valence-electron chi connectivity index (χ1n) is 9.02. The molecule has 0 spiro atoms. The largest absolute Gasteiger partial charge is 0.381 e. The summed E-state index contributed by atoms with van der Waals surface area (Å²) >= 11 is 0. The molecule has 0 amide bonds. The Morgan fingerprint density at radius 3 is 2.52 bits per heavy atom. The molecule has 0 unspecified atom stereocenters. The van der Waals surface area contributed by atoms with Crippen LogP contribution in [0.1, 0.15) is 68.9 Å². The Balaban J connectivity index is 1.61. The molecule has 0 radical (unpaired) electrons. The van der Waals surface area contributed by atoms with Crippen LogP contribution in [0.3, 0.4) is 0 Å². The zero-order valence-corrected chi connectivity index (χ0v) is 14.3. The molecule has 23 heavy (non-hydrogen) atoms. The van der Waals surface area contributed by atoms with Crippen LogP contribution in [0.4, 0.5) is 0 Å². The van der Waals surface area contributed by atoms with Gasteiger partial charge in [-0.2, -0.15) is 5.26 Å². The third kappa shape index (κ3) is 6.20. The molecule has 1 saturated carbocycles. The predicted octanol–water partition coefficient (Wildman–Crippen LogP) is 5.60.